The lowest BCUT2D eigenvalue weighted by Crippen LogP contribution is -2.07. The molecule has 0 spiro atoms. The Bertz CT molecular complexity index is 188. The molecular weight excluding hydrogens is 120 g/mol. The zero-order valence-corrected chi connectivity index (χ0v) is 6.09. The summed E-state index contributed by atoms with van der Waals surface area (Å²) in [6.07, 6.45) is 15.2. The van der Waals surface area contributed by atoms with Crippen LogP contribution < -0.4 is 0 Å². The molecule has 1 fully saturated rings. The van der Waals surface area contributed by atoms with Gasteiger partial charge in [0.1, 0.15) is 0 Å². The van der Waals surface area contributed by atoms with Gasteiger partial charge in [-0.2, -0.15) is 0 Å². The average Bonchev–Trinajstić information content (AvgIpc) is 2.29. The lowest BCUT2D eigenvalue weighted by Gasteiger charge is -2.21. The molecule has 0 unspecified atom stereocenters. The Morgan fingerprint density at radius 2 is 1.90 bits per heavy atom. The summed E-state index contributed by atoms with van der Waals surface area (Å²) >= 11 is 0. The van der Waals surface area contributed by atoms with Crippen LogP contribution in [-0.4, -0.2) is 0 Å². The molecule has 0 atom stereocenters. The molecule has 0 heterocycles. The summed E-state index contributed by atoms with van der Waals surface area (Å²) in [4.78, 5) is 0. The van der Waals surface area contributed by atoms with Crippen LogP contribution in [0.3, 0.4) is 0 Å². The van der Waals surface area contributed by atoms with Crippen LogP contribution in [0.5, 0.6) is 0 Å². The number of hydrogen-bond donors (Lipinski definition) is 0. The van der Waals surface area contributed by atoms with E-state index in [1.807, 2.05) is 0 Å². The lowest BCUT2D eigenvalue weighted by molar-refractivity contribution is 0.387. The SMILES string of the molecule is C1=CC(=CC2CCC2)C=C1. The fraction of sp³-hybridized carbons (Fsp3) is 0.400. The minimum atomic E-state index is 0.891. The molecule has 0 aromatic heterocycles. The van der Waals surface area contributed by atoms with Gasteiger partial charge in [-0.3, -0.25) is 0 Å². The molecule has 0 aromatic rings. The smallest absolute Gasteiger partial charge is 0.0225 e. The van der Waals surface area contributed by atoms with Crippen LogP contribution >= 0.6 is 0 Å². The summed E-state index contributed by atoms with van der Waals surface area (Å²) in [6.45, 7) is 0. The molecule has 0 heteroatoms. The average molecular weight is 132 g/mol. The predicted octanol–water partition coefficient (Wildman–Crippen LogP) is 2.84. The van der Waals surface area contributed by atoms with Crippen molar-refractivity contribution in [2.75, 3.05) is 0 Å². The van der Waals surface area contributed by atoms with E-state index in [9.17, 15) is 0 Å². The van der Waals surface area contributed by atoms with Crippen LogP contribution in [0.25, 0.3) is 0 Å². The number of rotatable bonds is 1. The third kappa shape index (κ3) is 1.06. The van der Waals surface area contributed by atoms with Crippen LogP contribution in [0, 0.1) is 5.92 Å². The molecule has 0 nitrogen and oxygen atoms in total. The van der Waals surface area contributed by atoms with E-state index in [4.69, 9.17) is 0 Å². The summed E-state index contributed by atoms with van der Waals surface area (Å²) in [6, 6.07) is 0. The highest BCUT2D eigenvalue weighted by Gasteiger charge is 2.14. The van der Waals surface area contributed by atoms with Crippen molar-refractivity contribution in [3.63, 3.8) is 0 Å². The Kier molecular flexibility index (Phi) is 1.46. The molecule has 0 aromatic carbocycles. The van der Waals surface area contributed by atoms with Crippen LogP contribution in [-0.2, 0) is 0 Å². The Balaban J connectivity index is 2.02. The zero-order chi connectivity index (χ0) is 6.81. The van der Waals surface area contributed by atoms with Gasteiger partial charge in [-0.15, -0.1) is 0 Å². The van der Waals surface area contributed by atoms with Gasteiger partial charge in [0.2, 0.25) is 0 Å². The van der Waals surface area contributed by atoms with Gasteiger partial charge in [-0.25, -0.2) is 0 Å². The monoisotopic (exact) mass is 132 g/mol. The summed E-state index contributed by atoms with van der Waals surface area (Å²) in [5, 5.41) is 0. The van der Waals surface area contributed by atoms with Gasteiger partial charge < -0.3 is 0 Å². The molecule has 52 valence electrons. The Labute approximate surface area is 61.9 Å². The van der Waals surface area contributed by atoms with Crippen LogP contribution in [0.2, 0.25) is 0 Å². The molecule has 0 aliphatic heterocycles. The highest BCUT2D eigenvalue weighted by atomic mass is 14.2. The number of allylic oxidation sites excluding steroid dienone is 6. The van der Waals surface area contributed by atoms with Crippen molar-refractivity contribution < 1.29 is 0 Å². The quantitative estimate of drug-likeness (QED) is 0.514. The zero-order valence-electron chi connectivity index (χ0n) is 6.09. The van der Waals surface area contributed by atoms with Gasteiger partial charge in [0.15, 0.2) is 0 Å². The summed E-state index contributed by atoms with van der Waals surface area (Å²) in [5.41, 5.74) is 1.41. The summed E-state index contributed by atoms with van der Waals surface area (Å²) in [7, 11) is 0. The van der Waals surface area contributed by atoms with Crippen molar-refractivity contribution in [1.82, 2.24) is 0 Å². The van der Waals surface area contributed by atoms with Crippen molar-refractivity contribution in [1.29, 1.82) is 0 Å². The van der Waals surface area contributed by atoms with Crippen LogP contribution in [0.1, 0.15) is 19.3 Å². The van der Waals surface area contributed by atoms with E-state index in [1.54, 1.807) is 0 Å². The maximum absolute atomic E-state index is 2.39. The van der Waals surface area contributed by atoms with Crippen molar-refractivity contribution in [2.24, 2.45) is 5.92 Å². The molecule has 2 rings (SSSR count). The van der Waals surface area contributed by atoms with E-state index >= 15 is 0 Å². The van der Waals surface area contributed by atoms with Gasteiger partial charge in [-0.1, -0.05) is 36.8 Å². The topological polar surface area (TPSA) is 0 Å². The van der Waals surface area contributed by atoms with E-state index in [1.165, 1.54) is 24.8 Å². The Morgan fingerprint density at radius 1 is 1.20 bits per heavy atom. The maximum atomic E-state index is 2.39. The van der Waals surface area contributed by atoms with Crippen molar-refractivity contribution in [3.8, 4) is 0 Å². The van der Waals surface area contributed by atoms with Crippen LogP contribution in [0.4, 0.5) is 0 Å². The van der Waals surface area contributed by atoms with Crippen molar-refractivity contribution in [2.45, 2.75) is 19.3 Å². The van der Waals surface area contributed by atoms with E-state index in [0.717, 1.165) is 5.92 Å². The molecule has 1 saturated carbocycles. The second-order valence-corrected chi connectivity index (χ2v) is 3.08. The maximum Gasteiger partial charge on any atom is -0.0225 e. The molecule has 2 aliphatic rings. The summed E-state index contributed by atoms with van der Waals surface area (Å²) in [5.74, 6) is 0.891. The first-order valence-electron chi connectivity index (χ1n) is 4.02. The van der Waals surface area contributed by atoms with Gasteiger partial charge >= 0.3 is 0 Å². The molecule has 0 N–H and O–H groups in total. The first kappa shape index (κ1) is 5.96. The molecule has 10 heavy (non-hydrogen) atoms. The van der Waals surface area contributed by atoms with E-state index in [0.29, 0.717) is 0 Å². The first-order valence-corrected chi connectivity index (χ1v) is 4.02. The molecule has 0 amide bonds. The summed E-state index contributed by atoms with van der Waals surface area (Å²) < 4.78 is 0. The van der Waals surface area contributed by atoms with Crippen molar-refractivity contribution in [3.05, 3.63) is 36.0 Å². The third-order valence-corrected chi connectivity index (χ3v) is 2.27. The molecule has 0 radical (unpaired) electrons. The molecule has 0 bridgehead atoms. The minimum absolute atomic E-state index is 0.891. The third-order valence-electron chi connectivity index (χ3n) is 2.27. The van der Waals surface area contributed by atoms with Crippen molar-refractivity contribution >= 4 is 0 Å². The fourth-order valence-electron chi connectivity index (χ4n) is 1.38. The first-order chi connectivity index (χ1) is 4.95. The molecule has 0 saturated heterocycles. The van der Waals surface area contributed by atoms with E-state index < -0.39 is 0 Å². The molecular formula is C10H12. The predicted molar refractivity (Wildman–Crippen MR) is 43.7 cm³/mol. The van der Waals surface area contributed by atoms with E-state index in [-0.39, 0.29) is 0 Å². The fourth-order valence-corrected chi connectivity index (χ4v) is 1.38. The highest BCUT2D eigenvalue weighted by Crippen LogP contribution is 2.29. The Morgan fingerprint density at radius 3 is 2.40 bits per heavy atom. The second-order valence-electron chi connectivity index (χ2n) is 3.08. The van der Waals surface area contributed by atoms with Gasteiger partial charge in [0.25, 0.3) is 0 Å². The standard InChI is InChI=1S/C10H12/c1-2-5-9(4-1)8-10-6-3-7-10/h1-2,4-5,8,10H,3,6-7H2. The number of hydrogen-bond acceptors (Lipinski definition) is 0. The van der Waals surface area contributed by atoms with E-state index in [2.05, 4.69) is 30.4 Å². The van der Waals surface area contributed by atoms with Gasteiger partial charge in [0.05, 0.1) is 0 Å². The van der Waals surface area contributed by atoms with Gasteiger partial charge in [0, 0.05) is 0 Å². The lowest BCUT2D eigenvalue weighted by atomic mass is 9.84. The second kappa shape index (κ2) is 2.45. The highest BCUT2D eigenvalue weighted by molar-refractivity contribution is 5.40. The Hall–Kier alpha value is -0.780. The van der Waals surface area contributed by atoms with Crippen LogP contribution in [0.15, 0.2) is 36.0 Å². The van der Waals surface area contributed by atoms with Gasteiger partial charge in [-0.05, 0) is 24.3 Å². The molecule has 2 aliphatic carbocycles. The minimum Gasteiger partial charge on any atom is -0.0741 e. The normalized spacial score (nSPS) is 23.4. The largest absolute Gasteiger partial charge is 0.0741 e.